The topological polar surface area (TPSA) is 57.4 Å². The number of rotatable bonds is 11. The number of unbranched alkanes of at least 4 members (excludes halogenated alkanes) is 5. The second kappa shape index (κ2) is 10.3. The van der Waals surface area contributed by atoms with Gasteiger partial charge in [-0.25, -0.2) is 0 Å². The van der Waals surface area contributed by atoms with E-state index in [0.29, 0.717) is 36.6 Å². The van der Waals surface area contributed by atoms with Crippen molar-refractivity contribution in [3.63, 3.8) is 0 Å². The van der Waals surface area contributed by atoms with Crippen LogP contribution in [0.25, 0.3) is 0 Å². The smallest absolute Gasteiger partial charge is 0.240 e. The van der Waals surface area contributed by atoms with Crippen molar-refractivity contribution in [3.8, 4) is 11.8 Å². The molecule has 1 aromatic heterocycles. The van der Waals surface area contributed by atoms with Gasteiger partial charge in [-0.15, -0.1) is 0 Å². The van der Waals surface area contributed by atoms with E-state index in [2.05, 4.69) is 25.8 Å². The molecule has 0 aromatic carbocycles. The van der Waals surface area contributed by atoms with Crippen LogP contribution in [0.3, 0.4) is 0 Å². The zero-order chi connectivity index (χ0) is 15.5. The Morgan fingerprint density at radius 2 is 1.76 bits per heavy atom. The monoisotopic (exact) mass is 294 g/mol. The Hall–Kier alpha value is -1.45. The van der Waals surface area contributed by atoms with Gasteiger partial charge < -0.3 is 15.2 Å². The third-order valence-corrected chi connectivity index (χ3v) is 3.17. The molecule has 2 N–H and O–H groups in total. The second-order valence-electron chi connectivity index (χ2n) is 5.86. The summed E-state index contributed by atoms with van der Waals surface area (Å²) in [5, 5.41) is 0. The molecule has 0 atom stereocenters. The molecule has 0 bridgehead atoms. The number of hydrogen-bond donors (Lipinski definition) is 1. The first-order chi connectivity index (χ1) is 10.1. The summed E-state index contributed by atoms with van der Waals surface area (Å²) in [6.45, 7) is 7.73. The molecule has 1 aromatic rings. The third-order valence-electron chi connectivity index (χ3n) is 3.17. The van der Waals surface area contributed by atoms with E-state index >= 15 is 0 Å². The van der Waals surface area contributed by atoms with E-state index in [-0.39, 0.29) is 0 Å². The number of anilines is 1. The molecule has 0 unspecified atom stereocenters. The number of nitrogens with zero attached hydrogens (tertiary/aromatic N) is 1. The van der Waals surface area contributed by atoms with Gasteiger partial charge >= 0.3 is 0 Å². The fraction of sp³-hybridized carbons (Fsp3) is 0.706. The number of pyridine rings is 1. The number of aromatic nitrogens is 1. The molecule has 1 heterocycles. The van der Waals surface area contributed by atoms with Gasteiger partial charge in [0.2, 0.25) is 11.8 Å². The van der Waals surface area contributed by atoms with Crippen molar-refractivity contribution in [1.29, 1.82) is 0 Å². The van der Waals surface area contributed by atoms with E-state index in [1.807, 2.05) is 0 Å². The van der Waals surface area contributed by atoms with Crippen LogP contribution < -0.4 is 15.2 Å². The van der Waals surface area contributed by atoms with Crippen LogP contribution in [-0.4, -0.2) is 18.2 Å². The van der Waals surface area contributed by atoms with Gasteiger partial charge in [0.05, 0.1) is 18.9 Å². The Labute approximate surface area is 129 Å². The van der Waals surface area contributed by atoms with Crippen LogP contribution in [0.2, 0.25) is 0 Å². The van der Waals surface area contributed by atoms with Crippen molar-refractivity contribution in [2.24, 2.45) is 5.92 Å². The minimum atomic E-state index is 0.443. The summed E-state index contributed by atoms with van der Waals surface area (Å²) in [6, 6.07) is 3.59. The summed E-state index contributed by atoms with van der Waals surface area (Å²) in [7, 11) is 0. The standard InChI is InChI=1S/C17H30N2O2/c1-4-5-6-7-8-9-12-20-16-11-10-15(18)17(19-16)21-13-14(2)3/h10-11,14H,4-9,12-13,18H2,1-3H3. The molecule has 0 amide bonds. The fourth-order valence-electron chi connectivity index (χ4n) is 1.93. The van der Waals surface area contributed by atoms with Crippen LogP contribution in [-0.2, 0) is 0 Å². The summed E-state index contributed by atoms with van der Waals surface area (Å²) in [6.07, 6.45) is 7.50. The van der Waals surface area contributed by atoms with E-state index in [0.717, 1.165) is 6.42 Å². The predicted molar refractivity (Wildman–Crippen MR) is 87.9 cm³/mol. The first-order valence-electron chi connectivity index (χ1n) is 8.15. The Balaban J connectivity index is 2.30. The Morgan fingerprint density at radius 3 is 2.48 bits per heavy atom. The van der Waals surface area contributed by atoms with Crippen LogP contribution in [0.15, 0.2) is 12.1 Å². The molecule has 4 heteroatoms. The van der Waals surface area contributed by atoms with Crippen LogP contribution >= 0.6 is 0 Å². The number of nitrogen functional groups attached to an aromatic ring is 1. The molecule has 0 saturated heterocycles. The van der Waals surface area contributed by atoms with E-state index in [1.165, 1.54) is 32.1 Å². The normalized spacial score (nSPS) is 10.9. The van der Waals surface area contributed by atoms with Gasteiger partial charge in [0, 0.05) is 6.07 Å². The van der Waals surface area contributed by atoms with Crippen molar-refractivity contribution in [2.45, 2.75) is 59.3 Å². The molecule has 1 rings (SSSR count). The lowest BCUT2D eigenvalue weighted by Crippen LogP contribution is -2.08. The van der Waals surface area contributed by atoms with Crippen LogP contribution in [0.1, 0.15) is 59.3 Å². The molecule has 0 aliphatic rings. The highest BCUT2D eigenvalue weighted by atomic mass is 16.5. The van der Waals surface area contributed by atoms with Crippen LogP contribution in [0.5, 0.6) is 11.8 Å². The van der Waals surface area contributed by atoms with Gasteiger partial charge in [-0.2, -0.15) is 4.98 Å². The van der Waals surface area contributed by atoms with Crippen molar-refractivity contribution < 1.29 is 9.47 Å². The average molecular weight is 294 g/mol. The maximum atomic E-state index is 5.86. The summed E-state index contributed by atoms with van der Waals surface area (Å²) in [5.41, 5.74) is 6.41. The summed E-state index contributed by atoms with van der Waals surface area (Å²) < 4.78 is 11.3. The summed E-state index contributed by atoms with van der Waals surface area (Å²) in [5.74, 6) is 1.51. The number of hydrogen-bond acceptors (Lipinski definition) is 4. The molecule has 0 spiro atoms. The van der Waals surface area contributed by atoms with Gasteiger partial charge in [-0.1, -0.05) is 52.9 Å². The summed E-state index contributed by atoms with van der Waals surface area (Å²) >= 11 is 0. The zero-order valence-corrected chi connectivity index (χ0v) is 13.7. The second-order valence-corrected chi connectivity index (χ2v) is 5.86. The first kappa shape index (κ1) is 17.6. The quantitative estimate of drug-likeness (QED) is 0.613. The predicted octanol–water partition coefficient (Wildman–Crippen LogP) is 4.44. The van der Waals surface area contributed by atoms with Gasteiger partial charge in [0.25, 0.3) is 0 Å². The average Bonchev–Trinajstić information content (AvgIpc) is 2.46. The van der Waals surface area contributed by atoms with Crippen molar-refractivity contribution in [2.75, 3.05) is 18.9 Å². The van der Waals surface area contributed by atoms with Gasteiger partial charge in [0.1, 0.15) is 0 Å². The van der Waals surface area contributed by atoms with Crippen LogP contribution in [0.4, 0.5) is 5.69 Å². The van der Waals surface area contributed by atoms with Gasteiger partial charge in [-0.3, -0.25) is 0 Å². The van der Waals surface area contributed by atoms with Gasteiger partial charge in [0.15, 0.2) is 0 Å². The fourth-order valence-corrected chi connectivity index (χ4v) is 1.93. The lowest BCUT2D eigenvalue weighted by molar-refractivity contribution is 0.251. The summed E-state index contributed by atoms with van der Waals surface area (Å²) in [4.78, 5) is 4.32. The minimum Gasteiger partial charge on any atom is -0.478 e. The molecule has 4 nitrogen and oxygen atoms in total. The molecular weight excluding hydrogens is 264 g/mol. The van der Waals surface area contributed by atoms with E-state index < -0.39 is 0 Å². The Kier molecular flexibility index (Phi) is 8.63. The van der Waals surface area contributed by atoms with Gasteiger partial charge in [-0.05, 0) is 18.4 Å². The first-order valence-corrected chi connectivity index (χ1v) is 8.15. The largest absolute Gasteiger partial charge is 0.478 e. The molecule has 0 saturated carbocycles. The molecule has 0 radical (unpaired) electrons. The molecular formula is C17H30N2O2. The van der Waals surface area contributed by atoms with Crippen molar-refractivity contribution >= 4 is 5.69 Å². The van der Waals surface area contributed by atoms with Crippen molar-refractivity contribution in [3.05, 3.63) is 12.1 Å². The third kappa shape index (κ3) is 7.78. The molecule has 0 aliphatic heterocycles. The van der Waals surface area contributed by atoms with Crippen molar-refractivity contribution in [1.82, 2.24) is 4.98 Å². The molecule has 21 heavy (non-hydrogen) atoms. The Bertz CT molecular complexity index is 394. The maximum Gasteiger partial charge on any atom is 0.240 e. The van der Waals surface area contributed by atoms with E-state index in [4.69, 9.17) is 15.2 Å². The molecule has 120 valence electrons. The molecule has 0 aliphatic carbocycles. The number of nitrogens with two attached hydrogens (primary N) is 1. The molecule has 0 fully saturated rings. The zero-order valence-electron chi connectivity index (χ0n) is 13.7. The highest BCUT2D eigenvalue weighted by Gasteiger charge is 2.06. The SMILES string of the molecule is CCCCCCCCOc1ccc(N)c(OCC(C)C)n1. The Morgan fingerprint density at radius 1 is 1.05 bits per heavy atom. The highest BCUT2D eigenvalue weighted by molar-refractivity contribution is 5.49. The lowest BCUT2D eigenvalue weighted by atomic mass is 10.1. The van der Waals surface area contributed by atoms with Crippen LogP contribution in [0, 0.1) is 5.92 Å². The highest BCUT2D eigenvalue weighted by Crippen LogP contribution is 2.22. The van der Waals surface area contributed by atoms with E-state index in [1.54, 1.807) is 12.1 Å². The maximum absolute atomic E-state index is 5.86. The lowest BCUT2D eigenvalue weighted by Gasteiger charge is -2.11. The minimum absolute atomic E-state index is 0.443. The number of ether oxygens (including phenoxy) is 2. The van der Waals surface area contributed by atoms with E-state index in [9.17, 15) is 0 Å².